The predicted molar refractivity (Wildman–Crippen MR) is 100 cm³/mol. The molecule has 0 aliphatic carbocycles. The number of pyridine rings is 1. The van der Waals surface area contributed by atoms with Crippen LogP contribution in [-0.4, -0.2) is 60.0 Å². The largest absolute Gasteiger partial charge is 0.340 e. The van der Waals surface area contributed by atoms with Crippen molar-refractivity contribution in [3.63, 3.8) is 0 Å². The van der Waals surface area contributed by atoms with Crippen LogP contribution in [0.15, 0.2) is 24.5 Å². The molecule has 3 rings (SSSR count). The Hall–Kier alpha value is -1.46. The topological polar surface area (TPSA) is 48.5 Å². The van der Waals surface area contributed by atoms with Crippen LogP contribution in [0.5, 0.6) is 0 Å². The first-order chi connectivity index (χ1) is 12.1. The van der Waals surface area contributed by atoms with Gasteiger partial charge in [-0.25, -0.2) is 0 Å². The summed E-state index contributed by atoms with van der Waals surface area (Å²) in [5, 5.41) is 3.41. The molecule has 5 nitrogen and oxygen atoms in total. The monoisotopic (exact) mass is 344 g/mol. The van der Waals surface area contributed by atoms with Crippen LogP contribution in [0.4, 0.5) is 0 Å². The minimum absolute atomic E-state index is 0.347. The lowest BCUT2D eigenvalue weighted by Crippen LogP contribution is -2.49. The van der Waals surface area contributed by atoms with Crippen LogP contribution in [0, 0.1) is 11.8 Å². The number of rotatable bonds is 5. The molecule has 3 heterocycles. The molecular weight excluding hydrogens is 312 g/mol. The van der Waals surface area contributed by atoms with Crippen molar-refractivity contribution in [2.24, 2.45) is 11.8 Å². The van der Waals surface area contributed by atoms with E-state index < -0.39 is 0 Å². The van der Waals surface area contributed by atoms with E-state index in [4.69, 9.17) is 0 Å². The van der Waals surface area contributed by atoms with Crippen LogP contribution in [0.1, 0.15) is 44.7 Å². The number of carbonyl (C=O) groups excluding carboxylic acids is 1. The van der Waals surface area contributed by atoms with E-state index in [-0.39, 0.29) is 0 Å². The molecule has 2 atom stereocenters. The number of piperazine rings is 1. The zero-order valence-corrected chi connectivity index (χ0v) is 15.7. The van der Waals surface area contributed by atoms with E-state index in [1.165, 1.54) is 18.4 Å². The van der Waals surface area contributed by atoms with Gasteiger partial charge < -0.3 is 10.2 Å². The van der Waals surface area contributed by atoms with Crippen molar-refractivity contribution in [1.29, 1.82) is 0 Å². The Morgan fingerprint density at radius 1 is 1.24 bits per heavy atom. The van der Waals surface area contributed by atoms with Crippen LogP contribution < -0.4 is 5.32 Å². The third kappa shape index (κ3) is 4.79. The van der Waals surface area contributed by atoms with Gasteiger partial charge in [-0.1, -0.05) is 13.0 Å². The van der Waals surface area contributed by atoms with Crippen molar-refractivity contribution in [1.82, 2.24) is 20.1 Å². The normalized spacial score (nSPS) is 22.6. The maximum atomic E-state index is 12.7. The van der Waals surface area contributed by atoms with Gasteiger partial charge in [-0.2, -0.15) is 0 Å². The SMILES string of the molecule is CC(CC(=O)N1CCN(C(C)c2cccnc2)CC1)C1CCNCC1. The van der Waals surface area contributed by atoms with Crippen molar-refractivity contribution in [3.05, 3.63) is 30.1 Å². The van der Waals surface area contributed by atoms with Crippen molar-refractivity contribution < 1.29 is 4.79 Å². The number of piperidine rings is 1. The molecule has 1 amide bonds. The fourth-order valence-electron chi connectivity index (χ4n) is 4.18. The van der Waals surface area contributed by atoms with Crippen LogP contribution in [0.25, 0.3) is 0 Å². The highest BCUT2D eigenvalue weighted by molar-refractivity contribution is 5.76. The average Bonchev–Trinajstić information content (AvgIpc) is 2.69. The third-order valence-corrected chi connectivity index (χ3v) is 6.07. The molecule has 0 radical (unpaired) electrons. The Balaban J connectivity index is 1.46. The van der Waals surface area contributed by atoms with E-state index in [1.807, 2.05) is 18.5 Å². The predicted octanol–water partition coefficient (Wildman–Crippen LogP) is 2.31. The maximum Gasteiger partial charge on any atom is 0.222 e. The van der Waals surface area contributed by atoms with E-state index in [0.29, 0.717) is 30.2 Å². The molecule has 138 valence electrons. The van der Waals surface area contributed by atoms with E-state index in [9.17, 15) is 4.79 Å². The maximum absolute atomic E-state index is 12.7. The lowest BCUT2D eigenvalue weighted by Gasteiger charge is -2.39. The summed E-state index contributed by atoms with van der Waals surface area (Å²) in [4.78, 5) is 21.4. The number of amides is 1. The summed E-state index contributed by atoms with van der Waals surface area (Å²) in [6.07, 6.45) is 6.90. The lowest BCUT2D eigenvalue weighted by molar-refractivity contribution is -0.134. The molecule has 5 heteroatoms. The zero-order chi connectivity index (χ0) is 17.6. The molecule has 0 bridgehead atoms. The first-order valence-corrected chi connectivity index (χ1v) is 9.77. The smallest absolute Gasteiger partial charge is 0.222 e. The van der Waals surface area contributed by atoms with Gasteiger partial charge in [0.15, 0.2) is 0 Å². The Kier molecular flexibility index (Phi) is 6.43. The number of carbonyl (C=O) groups is 1. The van der Waals surface area contributed by atoms with Crippen molar-refractivity contribution in [3.8, 4) is 0 Å². The van der Waals surface area contributed by atoms with E-state index in [2.05, 4.69) is 40.0 Å². The number of aromatic nitrogens is 1. The van der Waals surface area contributed by atoms with Gasteiger partial charge in [0, 0.05) is 51.0 Å². The summed E-state index contributed by atoms with van der Waals surface area (Å²) < 4.78 is 0. The van der Waals surface area contributed by atoms with Crippen LogP contribution in [0.2, 0.25) is 0 Å². The second-order valence-corrected chi connectivity index (χ2v) is 7.65. The number of nitrogens with zero attached hydrogens (tertiary/aromatic N) is 3. The molecule has 0 spiro atoms. The Bertz CT molecular complexity index is 536. The van der Waals surface area contributed by atoms with Gasteiger partial charge in [0.25, 0.3) is 0 Å². The Morgan fingerprint density at radius 2 is 1.96 bits per heavy atom. The van der Waals surface area contributed by atoms with Crippen molar-refractivity contribution in [2.45, 2.75) is 39.2 Å². The molecule has 25 heavy (non-hydrogen) atoms. The second kappa shape index (κ2) is 8.77. The van der Waals surface area contributed by atoms with Crippen molar-refractivity contribution in [2.75, 3.05) is 39.3 Å². The third-order valence-electron chi connectivity index (χ3n) is 6.07. The average molecular weight is 345 g/mol. The first kappa shape index (κ1) is 18.3. The zero-order valence-electron chi connectivity index (χ0n) is 15.7. The molecule has 2 aliphatic heterocycles. The first-order valence-electron chi connectivity index (χ1n) is 9.77. The molecular formula is C20H32N4O. The molecule has 2 fully saturated rings. The molecule has 1 aromatic rings. The van der Waals surface area contributed by atoms with Crippen LogP contribution in [0.3, 0.4) is 0 Å². The fraction of sp³-hybridized carbons (Fsp3) is 0.700. The Morgan fingerprint density at radius 3 is 2.60 bits per heavy atom. The van der Waals surface area contributed by atoms with Gasteiger partial charge in [-0.05, 0) is 56.3 Å². The van der Waals surface area contributed by atoms with Gasteiger partial charge in [0.05, 0.1) is 0 Å². The number of hydrogen-bond donors (Lipinski definition) is 1. The van der Waals surface area contributed by atoms with Crippen LogP contribution >= 0.6 is 0 Å². The van der Waals surface area contributed by atoms with E-state index in [0.717, 1.165) is 39.3 Å². The van der Waals surface area contributed by atoms with Gasteiger partial charge >= 0.3 is 0 Å². The quantitative estimate of drug-likeness (QED) is 0.890. The summed E-state index contributed by atoms with van der Waals surface area (Å²) in [7, 11) is 0. The Labute approximate surface area is 151 Å². The van der Waals surface area contributed by atoms with Crippen molar-refractivity contribution >= 4 is 5.91 Å². The van der Waals surface area contributed by atoms with E-state index >= 15 is 0 Å². The minimum atomic E-state index is 0.347. The summed E-state index contributed by atoms with van der Waals surface area (Å²) >= 11 is 0. The fourth-order valence-corrected chi connectivity index (χ4v) is 4.18. The highest BCUT2D eigenvalue weighted by Gasteiger charge is 2.28. The summed E-state index contributed by atoms with van der Waals surface area (Å²) in [5.41, 5.74) is 1.25. The second-order valence-electron chi connectivity index (χ2n) is 7.65. The van der Waals surface area contributed by atoms with Gasteiger partial charge in [-0.15, -0.1) is 0 Å². The molecule has 0 aromatic carbocycles. The highest BCUT2D eigenvalue weighted by atomic mass is 16.2. The number of hydrogen-bond acceptors (Lipinski definition) is 4. The van der Waals surface area contributed by atoms with E-state index in [1.54, 1.807) is 0 Å². The molecule has 0 saturated carbocycles. The molecule has 1 N–H and O–H groups in total. The highest BCUT2D eigenvalue weighted by Crippen LogP contribution is 2.26. The van der Waals surface area contributed by atoms with Gasteiger partial charge in [-0.3, -0.25) is 14.7 Å². The molecule has 2 unspecified atom stereocenters. The lowest BCUT2D eigenvalue weighted by atomic mass is 9.84. The minimum Gasteiger partial charge on any atom is -0.340 e. The summed E-state index contributed by atoms with van der Waals surface area (Å²) in [6, 6.07) is 4.49. The standard InChI is InChI=1S/C20H32N4O/c1-16(18-5-8-21-9-6-18)14-20(25)24-12-10-23(11-13-24)17(2)19-4-3-7-22-15-19/h3-4,7,15-18,21H,5-6,8-14H2,1-2H3. The van der Waals surface area contributed by atoms with Gasteiger partial charge in [0.2, 0.25) is 5.91 Å². The summed E-state index contributed by atoms with van der Waals surface area (Å²) in [5.74, 6) is 1.55. The van der Waals surface area contributed by atoms with Crippen LogP contribution in [-0.2, 0) is 4.79 Å². The molecule has 1 aromatic heterocycles. The summed E-state index contributed by atoms with van der Waals surface area (Å²) in [6.45, 7) is 10.3. The molecule has 2 saturated heterocycles. The van der Waals surface area contributed by atoms with Gasteiger partial charge in [0.1, 0.15) is 0 Å². The number of nitrogens with one attached hydrogen (secondary N) is 1. The molecule has 2 aliphatic rings.